The summed E-state index contributed by atoms with van der Waals surface area (Å²) in [6, 6.07) is 12.4. The molecule has 31 heavy (non-hydrogen) atoms. The Hall–Kier alpha value is -2.87. The van der Waals surface area contributed by atoms with Gasteiger partial charge in [-0.05, 0) is 23.3 Å². The zero-order chi connectivity index (χ0) is 22.5. The van der Waals surface area contributed by atoms with E-state index >= 15 is 4.39 Å². The van der Waals surface area contributed by atoms with Gasteiger partial charge in [0.1, 0.15) is 17.0 Å². The zero-order valence-corrected chi connectivity index (χ0v) is 18.6. The molecular weight excluding hydrogens is 467 g/mol. The maximum Gasteiger partial charge on any atom is 0.332 e. The Kier molecular flexibility index (Phi) is 5.29. The molecule has 1 aliphatic heterocycles. The highest BCUT2D eigenvalue weighted by atomic mass is 79.9. The smallest absolute Gasteiger partial charge is 0.300 e. The zero-order valence-electron chi connectivity index (χ0n) is 17.0. The monoisotopic (exact) mass is 486 g/mol. The number of benzene rings is 2. The van der Waals surface area contributed by atoms with Gasteiger partial charge in [-0.1, -0.05) is 52.3 Å². The standard InChI is InChI=1S/C23H20BrFN2O4/c1-26-20(29)23(21(30)27(2)22(26)31)17(13-6-4-3-5-7-13)11-15(28)12-18(23)16-9-8-14(24)10-19(16)25/h3-10,17-18H,11-12H2,1-2H3/t17-,18+/m1/s1. The van der Waals surface area contributed by atoms with Crippen LogP contribution in [0.4, 0.5) is 9.18 Å². The van der Waals surface area contributed by atoms with Crippen LogP contribution in [0.15, 0.2) is 53.0 Å². The van der Waals surface area contributed by atoms with E-state index in [2.05, 4.69) is 15.9 Å². The second kappa shape index (κ2) is 7.67. The highest BCUT2D eigenvalue weighted by Gasteiger charge is 2.66. The van der Waals surface area contributed by atoms with E-state index in [0.29, 0.717) is 10.0 Å². The molecule has 2 aromatic carbocycles. The van der Waals surface area contributed by atoms with Crippen LogP contribution >= 0.6 is 15.9 Å². The molecule has 1 saturated heterocycles. The fourth-order valence-corrected chi connectivity index (χ4v) is 5.28. The van der Waals surface area contributed by atoms with Crippen molar-refractivity contribution < 1.29 is 23.6 Å². The molecule has 2 aromatic rings. The van der Waals surface area contributed by atoms with Gasteiger partial charge < -0.3 is 0 Å². The molecule has 8 heteroatoms. The van der Waals surface area contributed by atoms with E-state index in [9.17, 15) is 19.2 Å². The van der Waals surface area contributed by atoms with Crippen LogP contribution in [-0.4, -0.2) is 47.5 Å². The fourth-order valence-electron chi connectivity index (χ4n) is 4.95. The Bertz CT molecular complexity index is 1080. The van der Waals surface area contributed by atoms with Crippen molar-refractivity contribution in [2.24, 2.45) is 5.41 Å². The van der Waals surface area contributed by atoms with Gasteiger partial charge >= 0.3 is 6.03 Å². The minimum atomic E-state index is -1.82. The lowest BCUT2D eigenvalue weighted by Gasteiger charge is -2.51. The predicted octanol–water partition coefficient (Wildman–Crippen LogP) is 3.86. The van der Waals surface area contributed by atoms with Gasteiger partial charge in [0.05, 0.1) is 0 Å². The molecule has 160 valence electrons. The number of urea groups is 1. The van der Waals surface area contributed by atoms with Crippen LogP contribution in [0.25, 0.3) is 0 Å². The largest absolute Gasteiger partial charge is 0.332 e. The van der Waals surface area contributed by atoms with Crippen LogP contribution in [-0.2, 0) is 14.4 Å². The summed E-state index contributed by atoms with van der Waals surface area (Å²) in [5, 5.41) is 0. The molecule has 4 amide bonds. The molecule has 1 aliphatic carbocycles. The lowest BCUT2D eigenvalue weighted by atomic mass is 9.54. The van der Waals surface area contributed by atoms with Gasteiger partial charge in [-0.3, -0.25) is 24.2 Å². The van der Waals surface area contributed by atoms with E-state index in [4.69, 9.17) is 0 Å². The van der Waals surface area contributed by atoms with Crippen LogP contribution in [0.5, 0.6) is 0 Å². The minimum Gasteiger partial charge on any atom is -0.300 e. The first-order chi connectivity index (χ1) is 14.7. The van der Waals surface area contributed by atoms with Gasteiger partial charge in [-0.15, -0.1) is 0 Å². The summed E-state index contributed by atoms with van der Waals surface area (Å²) in [7, 11) is 2.62. The van der Waals surface area contributed by atoms with Gasteiger partial charge in [0.15, 0.2) is 0 Å². The number of amides is 4. The summed E-state index contributed by atoms with van der Waals surface area (Å²) in [5.74, 6) is -4.10. The molecule has 1 saturated carbocycles. The number of barbiturate groups is 1. The van der Waals surface area contributed by atoms with Gasteiger partial charge in [0.25, 0.3) is 0 Å². The third-order valence-electron chi connectivity index (χ3n) is 6.39. The summed E-state index contributed by atoms with van der Waals surface area (Å²) in [5.41, 5.74) is -1.09. The van der Waals surface area contributed by atoms with Crippen molar-refractivity contribution in [3.63, 3.8) is 0 Å². The maximum absolute atomic E-state index is 15.1. The summed E-state index contributed by atoms with van der Waals surface area (Å²) in [6.07, 6.45) is -0.221. The Morgan fingerprint density at radius 3 is 2.06 bits per heavy atom. The summed E-state index contributed by atoms with van der Waals surface area (Å²) >= 11 is 3.22. The topological polar surface area (TPSA) is 74.8 Å². The van der Waals surface area contributed by atoms with Gasteiger partial charge in [-0.2, -0.15) is 0 Å². The second-order valence-corrected chi connectivity index (χ2v) is 8.92. The van der Waals surface area contributed by atoms with Crippen molar-refractivity contribution in [1.82, 2.24) is 9.80 Å². The molecule has 6 nitrogen and oxygen atoms in total. The average molecular weight is 487 g/mol. The fraction of sp³-hybridized carbons (Fsp3) is 0.304. The van der Waals surface area contributed by atoms with E-state index in [-0.39, 0.29) is 24.2 Å². The SMILES string of the molecule is CN1C(=O)N(C)C(=O)C2(C1=O)[C@@H](c1ccccc1)CC(=O)C[C@H]2c1ccc(Br)cc1F. The maximum atomic E-state index is 15.1. The van der Waals surface area contributed by atoms with E-state index in [0.717, 1.165) is 9.80 Å². The van der Waals surface area contributed by atoms with Crippen LogP contribution in [0.1, 0.15) is 35.8 Å². The van der Waals surface area contributed by atoms with Gasteiger partial charge in [-0.25, -0.2) is 9.18 Å². The molecule has 1 spiro atoms. The summed E-state index contributed by atoms with van der Waals surface area (Å²) in [6.45, 7) is 0. The Morgan fingerprint density at radius 2 is 1.48 bits per heavy atom. The Balaban J connectivity index is 2.03. The number of carbonyl (C=O) groups excluding carboxylic acids is 4. The molecule has 2 fully saturated rings. The number of ketones is 1. The predicted molar refractivity (Wildman–Crippen MR) is 114 cm³/mol. The average Bonchev–Trinajstić information content (AvgIpc) is 2.76. The number of carbonyl (C=O) groups is 4. The lowest BCUT2D eigenvalue weighted by Crippen LogP contribution is -2.68. The molecule has 4 rings (SSSR count). The Labute approximate surface area is 187 Å². The van der Waals surface area contributed by atoms with Gasteiger partial charge in [0, 0.05) is 43.2 Å². The lowest BCUT2D eigenvalue weighted by molar-refractivity contribution is -0.164. The molecule has 0 radical (unpaired) electrons. The molecule has 0 bridgehead atoms. The minimum absolute atomic E-state index is 0.0496. The van der Waals surface area contributed by atoms with Crippen LogP contribution < -0.4 is 0 Å². The number of halogens is 2. The van der Waals surface area contributed by atoms with Crippen LogP contribution in [0.3, 0.4) is 0 Å². The highest BCUT2D eigenvalue weighted by molar-refractivity contribution is 9.10. The molecule has 0 N–H and O–H groups in total. The summed E-state index contributed by atoms with van der Waals surface area (Å²) in [4.78, 5) is 54.6. The van der Waals surface area contributed by atoms with Crippen molar-refractivity contribution in [2.45, 2.75) is 24.7 Å². The van der Waals surface area contributed by atoms with Crippen molar-refractivity contribution in [3.8, 4) is 0 Å². The Morgan fingerprint density at radius 1 is 0.903 bits per heavy atom. The number of imide groups is 2. The molecule has 0 aromatic heterocycles. The molecule has 2 aliphatic rings. The molecular formula is C23H20BrFN2O4. The van der Waals surface area contributed by atoms with E-state index in [1.54, 1.807) is 36.4 Å². The van der Waals surface area contributed by atoms with Crippen LogP contribution in [0.2, 0.25) is 0 Å². The number of hydrogen-bond acceptors (Lipinski definition) is 4. The quantitative estimate of drug-likeness (QED) is 0.604. The van der Waals surface area contributed by atoms with E-state index < -0.39 is 40.9 Å². The number of hydrogen-bond donors (Lipinski definition) is 0. The van der Waals surface area contributed by atoms with Crippen molar-refractivity contribution in [3.05, 3.63) is 69.9 Å². The molecule has 0 unspecified atom stereocenters. The first-order valence-corrected chi connectivity index (χ1v) is 10.6. The summed E-state index contributed by atoms with van der Waals surface area (Å²) < 4.78 is 15.6. The molecule has 1 heterocycles. The molecule has 2 atom stereocenters. The van der Waals surface area contributed by atoms with Crippen molar-refractivity contribution in [2.75, 3.05) is 14.1 Å². The number of rotatable bonds is 2. The van der Waals surface area contributed by atoms with E-state index in [1.807, 2.05) is 0 Å². The first kappa shape index (κ1) is 21.4. The first-order valence-electron chi connectivity index (χ1n) is 9.81. The highest BCUT2D eigenvalue weighted by Crippen LogP contribution is 2.57. The van der Waals surface area contributed by atoms with Crippen LogP contribution in [0, 0.1) is 11.2 Å². The van der Waals surface area contributed by atoms with Crippen molar-refractivity contribution in [1.29, 1.82) is 0 Å². The number of nitrogens with zero attached hydrogens (tertiary/aromatic N) is 2. The van der Waals surface area contributed by atoms with E-state index in [1.165, 1.54) is 26.2 Å². The van der Waals surface area contributed by atoms with Gasteiger partial charge in [0.2, 0.25) is 11.8 Å². The second-order valence-electron chi connectivity index (χ2n) is 8.01. The third kappa shape index (κ3) is 3.12. The number of Topliss-reactive ketones (excluding diaryl/α,β-unsaturated/α-hetero) is 1. The third-order valence-corrected chi connectivity index (χ3v) is 6.89. The van der Waals surface area contributed by atoms with Crippen molar-refractivity contribution >= 4 is 39.6 Å². The normalized spacial score (nSPS) is 23.6.